The quantitative estimate of drug-likeness (QED) is 0.464. The minimum atomic E-state index is -0.291. The van der Waals surface area contributed by atoms with Crippen LogP contribution in [-0.2, 0) is 16.1 Å². The third-order valence-electron chi connectivity index (χ3n) is 6.87. The first-order valence-corrected chi connectivity index (χ1v) is 12.9. The minimum Gasteiger partial charge on any atom is -0.375 e. The minimum absolute atomic E-state index is 0.0309. The molecule has 7 heteroatoms. The Labute approximate surface area is 220 Å². The number of imidazole rings is 1. The number of nitriles is 1. The summed E-state index contributed by atoms with van der Waals surface area (Å²) >= 11 is 0. The number of ether oxygens (including phenoxy) is 1. The van der Waals surface area contributed by atoms with Crippen molar-refractivity contribution in [1.82, 2.24) is 19.8 Å². The SMILES string of the molecule is COCC(=O)N(C[C@H]1CCNC1)[C@@H](c1nc(-c2ccccc2)cn1Cc1cccc(C#N)c1)C(C)(C)C. The third kappa shape index (κ3) is 6.46. The third-order valence-corrected chi connectivity index (χ3v) is 6.87. The number of rotatable bonds is 9. The van der Waals surface area contributed by atoms with E-state index in [4.69, 9.17) is 9.72 Å². The van der Waals surface area contributed by atoms with Crippen LogP contribution < -0.4 is 5.32 Å². The number of nitrogens with zero attached hydrogens (tertiary/aromatic N) is 4. The van der Waals surface area contributed by atoms with Gasteiger partial charge in [-0.25, -0.2) is 4.98 Å². The predicted octanol–water partition coefficient (Wildman–Crippen LogP) is 4.64. The van der Waals surface area contributed by atoms with Gasteiger partial charge < -0.3 is 19.5 Å². The van der Waals surface area contributed by atoms with E-state index in [2.05, 4.69) is 55.1 Å². The highest BCUT2D eigenvalue weighted by Crippen LogP contribution is 2.40. The summed E-state index contributed by atoms with van der Waals surface area (Å²) in [5.74, 6) is 1.19. The fraction of sp³-hybridized carbons (Fsp3) is 0.433. The Hall–Kier alpha value is -3.47. The van der Waals surface area contributed by atoms with Crippen molar-refractivity contribution >= 4 is 5.91 Å². The molecule has 1 aliphatic rings. The van der Waals surface area contributed by atoms with Gasteiger partial charge in [-0.05, 0) is 48.5 Å². The second-order valence-corrected chi connectivity index (χ2v) is 10.9. The van der Waals surface area contributed by atoms with Crippen LogP contribution in [0.1, 0.15) is 50.2 Å². The van der Waals surface area contributed by atoms with Gasteiger partial charge in [-0.15, -0.1) is 0 Å². The summed E-state index contributed by atoms with van der Waals surface area (Å²) < 4.78 is 7.46. The molecule has 0 bridgehead atoms. The van der Waals surface area contributed by atoms with E-state index in [1.807, 2.05) is 47.4 Å². The number of aromatic nitrogens is 2. The summed E-state index contributed by atoms with van der Waals surface area (Å²) in [5, 5.41) is 12.9. The Morgan fingerprint density at radius 3 is 2.68 bits per heavy atom. The van der Waals surface area contributed by atoms with Crippen molar-refractivity contribution in [3.8, 4) is 17.3 Å². The van der Waals surface area contributed by atoms with Gasteiger partial charge >= 0.3 is 0 Å². The topological polar surface area (TPSA) is 83.2 Å². The normalized spacial score (nSPS) is 16.4. The molecule has 0 radical (unpaired) electrons. The highest BCUT2D eigenvalue weighted by Gasteiger charge is 2.39. The van der Waals surface area contributed by atoms with Gasteiger partial charge in [0.2, 0.25) is 5.91 Å². The molecule has 1 N–H and O–H groups in total. The Kier molecular flexibility index (Phi) is 8.42. The van der Waals surface area contributed by atoms with Gasteiger partial charge in [0, 0.05) is 32.0 Å². The first-order valence-electron chi connectivity index (χ1n) is 12.9. The van der Waals surface area contributed by atoms with Gasteiger partial charge in [0.05, 0.1) is 23.4 Å². The van der Waals surface area contributed by atoms with Crippen LogP contribution in [0.2, 0.25) is 0 Å². The van der Waals surface area contributed by atoms with Gasteiger partial charge in [-0.2, -0.15) is 5.26 Å². The molecule has 7 nitrogen and oxygen atoms in total. The lowest BCUT2D eigenvalue weighted by Gasteiger charge is -2.41. The number of benzene rings is 2. The highest BCUT2D eigenvalue weighted by atomic mass is 16.5. The predicted molar refractivity (Wildman–Crippen MR) is 145 cm³/mol. The first-order chi connectivity index (χ1) is 17.8. The zero-order valence-electron chi connectivity index (χ0n) is 22.3. The van der Waals surface area contributed by atoms with E-state index in [-0.39, 0.29) is 24.0 Å². The average molecular weight is 500 g/mol. The molecular formula is C30H37N5O2. The lowest BCUT2D eigenvalue weighted by molar-refractivity contribution is -0.141. The molecule has 37 heavy (non-hydrogen) atoms. The van der Waals surface area contributed by atoms with Crippen molar-refractivity contribution in [3.63, 3.8) is 0 Å². The molecule has 0 aliphatic carbocycles. The summed E-state index contributed by atoms with van der Waals surface area (Å²) in [4.78, 5) is 20.7. The molecular weight excluding hydrogens is 462 g/mol. The van der Waals surface area contributed by atoms with Crippen LogP contribution in [0.5, 0.6) is 0 Å². The Bertz CT molecular complexity index is 1230. The number of hydrogen-bond donors (Lipinski definition) is 1. The lowest BCUT2D eigenvalue weighted by atomic mass is 9.84. The van der Waals surface area contributed by atoms with E-state index in [1.165, 1.54) is 0 Å². The molecule has 1 amide bonds. The van der Waals surface area contributed by atoms with Crippen molar-refractivity contribution in [2.75, 3.05) is 33.4 Å². The smallest absolute Gasteiger partial charge is 0.249 e. The monoisotopic (exact) mass is 499 g/mol. The van der Waals surface area contributed by atoms with Crippen molar-refractivity contribution in [2.24, 2.45) is 11.3 Å². The maximum absolute atomic E-state index is 13.5. The maximum atomic E-state index is 13.5. The molecule has 0 saturated carbocycles. The fourth-order valence-electron chi connectivity index (χ4n) is 5.16. The summed E-state index contributed by atoms with van der Waals surface area (Å²) in [6.07, 6.45) is 3.11. The number of hydrogen-bond acceptors (Lipinski definition) is 5. The van der Waals surface area contributed by atoms with Gasteiger partial charge in [0.25, 0.3) is 0 Å². The molecule has 3 aromatic rings. The molecule has 0 spiro atoms. The summed E-state index contributed by atoms with van der Waals surface area (Å²) in [6, 6.07) is 19.7. The second kappa shape index (κ2) is 11.7. The van der Waals surface area contributed by atoms with Crippen molar-refractivity contribution < 1.29 is 9.53 Å². The van der Waals surface area contributed by atoms with E-state index in [0.717, 1.165) is 42.2 Å². The number of methoxy groups -OCH3 is 1. The van der Waals surface area contributed by atoms with E-state index in [0.29, 0.717) is 24.6 Å². The van der Waals surface area contributed by atoms with Crippen molar-refractivity contribution in [1.29, 1.82) is 5.26 Å². The van der Waals surface area contributed by atoms with Crippen LogP contribution in [0.3, 0.4) is 0 Å². The van der Waals surface area contributed by atoms with Crippen LogP contribution in [0.25, 0.3) is 11.3 Å². The standard InChI is InChI=1S/C30H37N5O2/c1-30(2,3)28(35(27(36)21-37-4)19-24-13-14-32-17-24)29-33-26(25-11-6-5-7-12-25)20-34(29)18-23-10-8-9-22(15-23)16-31/h5-12,15,20,24,28,32H,13-14,17-19,21H2,1-4H3/t24-,28-/m0/s1. The number of nitrogens with one attached hydrogen (secondary N) is 1. The Balaban J connectivity index is 1.83. The van der Waals surface area contributed by atoms with E-state index < -0.39 is 0 Å². The largest absolute Gasteiger partial charge is 0.375 e. The van der Waals surface area contributed by atoms with Crippen molar-refractivity contribution in [3.05, 3.63) is 77.7 Å². The van der Waals surface area contributed by atoms with Gasteiger partial charge in [-0.3, -0.25) is 4.79 Å². The molecule has 194 valence electrons. The van der Waals surface area contributed by atoms with E-state index >= 15 is 0 Å². The zero-order valence-corrected chi connectivity index (χ0v) is 22.3. The molecule has 1 aromatic heterocycles. The maximum Gasteiger partial charge on any atom is 0.249 e. The molecule has 1 fully saturated rings. The van der Waals surface area contributed by atoms with Crippen LogP contribution in [0.4, 0.5) is 0 Å². The van der Waals surface area contributed by atoms with E-state index in [1.54, 1.807) is 7.11 Å². The van der Waals surface area contributed by atoms with Gasteiger partial charge in [0.15, 0.2) is 0 Å². The molecule has 1 aliphatic heterocycles. The number of carbonyl (C=O) groups excluding carboxylic acids is 1. The molecule has 4 rings (SSSR count). The average Bonchev–Trinajstić information content (AvgIpc) is 3.54. The highest BCUT2D eigenvalue weighted by molar-refractivity contribution is 5.78. The van der Waals surface area contributed by atoms with Gasteiger partial charge in [-0.1, -0.05) is 63.2 Å². The zero-order chi connectivity index (χ0) is 26.4. The lowest BCUT2D eigenvalue weighted by Crippen LogP contribution is -2.46. The van der Waals surface area contributed by atoms with Crippen molar-refractivity contribution in [2.45, 2.75) is 39.8 Å². The Morgan fingerprint density at radius 1 is 1.24 bits per heavy atom. The van der Waals surface area contributed by atoms with Gasteiger partial charge in [0.1, 0.15) is 12.4 Å². The molecule has 1 saturated heterocycles. The first kappa shape index (κ1) is 26.6. The molecule has 2 heterocycles. The van der Waals surface area contributed by atoms with Crippen LogP contribution >= 0.6 is 0 Å². The molecule has 2 atom stereocenters. The number of carbonyl (C=O) groups is 1. The Morgan fingerprint density at radius 2 is 2.03 bits per heavy atom. The summed E-state index contributed by atoms with van der Waals surface area (Å²) in [6.45, 7) is 9.59. The molecule has 0 unspecified atom stereocenters. The van der Waals surface area contributed by atoms with Crippen LogP contribution in [0, 0.1) is 22.7 Å². The second-order valence-electron chi connectivity index (χ2n) is 10.9. The van der Waals surface area contributed by atoms with Crippen LogP contribution in [0.15, 0.2) is 60.8 Å². The van der Waals surface area contributed by atoms with Crippen LogP contribution in [-0.4, -0.2) is 53.7 Å². The number of amides is 1. The fourth-order valence-corrected chi connectivity index (χ4v) is 5.16. The molecule has 2 aromatic carbocycles. The summed E-state index contributed by atoms with van der Waals surface area (Å²) in [5.41, 5.74) is 3.24. The van der Waals surface area contributed by atoms with E-state index in [9.17, 15) is 10.1 Å². The summed E-state index contributed by atoms with van der Waals surface area (Å²) in [7, 11) is 1.57.